The molecule has 2 atom stereocenters. The number of hydrogen-bond donors (Lipinski definition) is 3. The number of nitrogens with one attached hydrogen (secondary N) is 2. The molecule has 0 aromatic heterocycles. The Kier molecular flexibility index (Phi) is 9.13. The van der Waals surface area contributed by atoms with Crippen molar-refractivity contribution in [2.75, 3.05) is 13.7 Å². The minimum absolute atomic E-state index is 0.0470. The average Bonchev–Trinajstić information content (AvgIpc) is 2.63. The fourth-order valence-electron chi connectivity index (χ4n) is 2.26. The molecule has 0 aliphatic carbocycles. The molecule has 1 rings (SSSR count). The number of nitrogens with two attached hydrogens (primary N) is 1. The van der Waals surface area contributed by atoms with Crippen LogP contribution in [0, 0.1) is 0 Å². The molecule has 0 saturated heterocycles. The topological polar surface area (TPSA) is 103 Å². The van der Waals surface area contributed by atoms with Gasteiger partial charge in [-0.2, -0.15) is 0 Å². The van der Waals surface area contributed by atoms with Gasteiger partial charge in [-0.25, -0.2) is 0 Å². The molecule has 0 spiro atoms. The first kappa shape index (κ1) is 26.2. The first-order valence-electron chi connectivity index (χ1n) is 9.78. The highest BCUT2D eigenvalue weighted by atomic mass is 79.9. The lowest BCUT2D eigenvalue weighted by molar-refractivity contribution is -0.129. The van der Waals surface area contributed by atoms with E-state index in [1.165, 1.54) is 7.05 Å². The lowest BCUT2D eigenvalue weighted by Gasteiger charge is -2.37. The second-order valence-electron chi connectivity index (χ2n) is 8.64. The largest absolute Gasteiger partial charge is 0.541 e. The number of rotatable bonds is 9. The first-order valence-corrected chi connectivity index (χ1v) is 13.5. The summed E-state index contributed by atoms with van der Waals surface area (Å²) in [4.78, 5) is 24.7. The molecule has 168 valence electrons. The van der Waals surface area contributed by atoms with Gasteiger partial charge < -0.3 is 25.5 Å². The monoisotopic (exact) mass is 499 g/mol. The number of carbonyl (C=O) groups is 2. The molecule has 7 nitrogen and oxygen atoms in total. The van der Waals surface area contributed by atoms with Gasteiger partial charge in [0.15, 0.2) is 5.75 Å². The minimum Gasteiger partial charge on any atom is -0.541 e. The minimum atomic E-state index is -2.22. The van der Waals surface area contributed by atoms with Gasteiger partial charge in [0.1, 0.15) is 18.4 Å². The second kappa shape index (κ2) is 10.5. The smallest absolute Gasteiger partial charge is 0.250 e. The van der Waals surface area contributed by atoms with Crippen molar-refractivity contribution in [3.63, 3.8) is 0 Å². The quantitative estimate of drug-likeness (QED) is 0.355. The van der Waals surface area contributed by atoms with Crippen molar-refractivity contribution >= 4 is 36.1 Å². The summed E-state index contributed by atoms with van der Waals surface area (Å²) in [5.74, 6) is 0.238. The molecule has 1 aromatic carbocycles. The van der Waals surface area contributed by atoms with Gasteiger partial charge in [0, 0.05) is 7.05 Å². The third-order valence-corrected chi connectivity index (χ3v) is 10.0. The predicted octanol–water partition coefficient (Wildman–Crippen LogP) is 3.65. The molecular formula is C21H34BrN3O4Si. The molecule has 0 saturated carbocycles. The van der Waals surface area contributed by atoms with Crippen LogP contribution in [-0.2, 0) is 9.59 Å². The summed E-state index contributed by atoms with van der Waals surface area (Å²) in [5.41, 5.74) is 6.22. The van der Waals surface area contributed by atoms with E-state index in [0.717, 1.165) is 0 Å². The normalized spacial score (nSPS) is 13.8. The van der Waals surface area contributed by atoms with Crippen LogP contribution in [0.4, 0.5) is 0 Å². The zero-order valence-corrected chi connectivity index (χ0v) is 21.5. The van der Waals surface area contributed by atoms with E-state index >= 15 is 0 Å². The Balaban J connectivity index is 3.55. The summed E-state index contributed by atoms with van der Waals surface area (Å²) in [6.07, 6.45) is 1.65. The molecule has 2 amide bonds. The summed E-state index contributed by atoms with van der Waals surface area (Å²) < 4.78 is 13.0. The van der Waals surface area contributed by atoms with E-state index in [2.05, 4.69) is 67.0 Å². The number of amides is 2. The highest BCUT2D eigenvalue weighted by Gasteiger charge is 2.40. The van der Waals surface area contributed by atoms with Crippen molar-refractivity contribution in [1.82, 2.24) is 10.6 Å². The third-order valence-electron chi connectivity index (χ3n) is 5.09. The summed E-state index contributed by atoms with van der Waals surface area (Å²) in [6.45, 7) is 16.2. The molecule has 30 heavy (non-hydrogen) atoms. The Morgan fingerprint density at radius 3 is 2.37 bits per heavy atom. The van der Waals surface area contributed by atoms with Gasteiger partial charge in [0.05, 0.1) is 10.5 Å². The Morgan fingerprint density at radius 2 is 1.90 bits per heavy atom. The molecular weight excluding hydrogens is 466 g/mol. The molecule has 0 aliphatic rings. The summed E-state index contributed by atoms with van der Waals surface area (Å²) >= 11 is 3.53. The average molecular weight is 501 g/mol. The van der Waals surface area contributed by atoms with Gasteiger partial charge in [-0.3, -0.25) is 9.59 Å². The SMILES string of the molecule is C=CCOc1c(Br)cc([C@@H](NC(=O)[C@H](C)N)C(=O)NC)cc1O[Si](C)(C)C(C)(C)C. The lowest BCUT2D eigenvalue weighted by Crippen LogP contribution is -2.45. The van der Waals surface area contributed by atoms with Gasteiger partial charge >= 0.3 is 0 Å². The number of hydrogen-bond acceptors (Lipinski definition) is 5. The van der Waals surface area contributed by atoms with Crippen molar-refractivity contribution < 1.29 is 18.8 Å². The first-order chi connectivity index (χ1) is 13.7. The van der Waals surface area contributed by atoms with Gasteiger partial charge in [-0.05, 0) is 58.7 Å². The van der Waals surface area contributed by atoms with E-state index in [1.807, 2.05) is 0 Å². The number of benzene rings is 1. The lowest BCUT2D eigenvalue weighted by atomic mass is 10.0. The zero-order valence-electron chi connectivity index (χ0n) is 18.9. The summed E-state index contributed by atoms with van der Waals surface area (Å²) in [6, 6.07) is 1.79. The van der Waals surface area contributed by atoms with Crippen LogP contribution in [0.2, 0.25) is 18.1 Å². The van der Waals surface area contributed by atoms with Crippen LogP contribution in [0.5, 0.6) is 11.5 Å². The van der Waals surface area contributed by atoms with Crippen LogP contribution < -0.4 is 25.5 Å². The van der Waals surface area contributed by atoms with Crippen LogP contribution >= 0.6 is 15.9 Å². The molecule has 0 heterocycles. The maximum atomic E-state index is 12.5. The fourth-order valence-corrected chi connectivity index (χ4v) is 3.84. The fraction of sp³-hybridized carbons (Fsp3) is 0.524. The highest BCUT2D eigenvalue weighted by Crippen LogP contribution is 2.44. The molecule has 0 bridgehead atoms. The van der Waals surface area contributed by atoms with Gasteiger partial charge in [-0.1, -0.05) is 33.4 Å². The summed E-state index contributed by atoms with van der Waals surface area (Å²) in [7, 11) is -0.706. The molecule has 0 fully saturated rings. The van der Waals surface area contributed by atoms with E-state index in [1.54, 1.807) is 25.1 Å². The summed E-state index contributed by atoms with van der Waals surface area (Å²) in [5, 5.41) is 5.23. The molecule has 0 radical (unpaired) electrons. The van der Waals surface area contributed by atoms with Gasteiger partial charge in [-0.15, -0.1) is 0 Å². The molecule has 9 heteroatoms. The Labute approximate surface area is 189 Å². The van der Waals surface area contributed by atoms with E-state index in [-0.39, 0.29) is 10.9 Å². The van der Waals surface area contributed by atoms with Crippen LogP contribution in [-0.4, -0.2) is 39.8 Å². The maximum Gasteiger partial charge on any atom is 0.250 e. The van der Waals surface area contributed by atoms with Gasteiger partial charge in [0.2, 0.25) is 11.8 Å². The third kappa shape index (κ3) is 6.58. The van der Waals surface area contributed by atoms with Crippen molar-refractivity contribution in [3.8, 4) is 11.5 Å². The van der Waals surface area contributed by atoms with Crippen LogP contribution in [0.25, 0.3) is 0 Å². The van der Waals surface area contributed by atoms with Crippen molar-refractivity contribution in [3.05, 3.63) is 34.8 Å². The van der Waals surface area contributed by atoms with Crippen molar-refractivity contribution in [1.29, 1.82) is 0 Å². The van der Waals surface area contributed by atoms with E-state index in [9.17, 15) is 9.59 Å². The number of ether oxygens (including phenoxy) is 1. The molecule has 1 aromatic rings. The maximum absolute atomic E-state index is 12.5. The number of halogens is 1. The van der Waals surface area contributed by atoms with E-state index < -0.39 is 26.3 Å². The zero-order chi connectivity index (χ0) is 23.3. The van der Waals surface area contributed by atoms with Crippen molar-refractivity contribution in [2.45, 2.75) is 57.9 Å². The number of carbonyl (C=O) groups excluding carboxylic acids is 2. The van der Waals surface area contributed by atoms with E-state index in [0.29, 0.717) is 28.1 Å². The van der Waals surface area contributed by atoms with E-state index in [4.69, 9.17) is 14.9 Å². The van der Waals surface area contributed by atoms with Crippen LogP contribution in [0.15, 0.2) is 29.3 Å². The van der Waals surface area contributed by atoms with Gasteiger partial charge in [0.25, 0.3) is 8.32 Å². The van der Waals surface area contributed by atoms with Crippen molar-refractivity contribution in [2.24, 2.45) is 5.73 Å². The number of likely N-dealkylation sites (N-methyl/N-ethyl adjacent to an activating group) is 1. The standard InChI is InChI=1S/C21H34BrN3O4Si/c1-9-10-28-18-15(22)11-14(12-16(18)29-30(7,8)21(3,4)5)17(20(27)24-6)25-19(26)13(2)23/h9,11-13,17H,1,10,23H2,2-8H3,(H,24,27)(H,25,26)/t13-,17+/m0/s1. The second-order valence-corrected chi connectivity index (χ2v) is 14.2. The molecule has 0 unspecified atom stereocenters. The Hall–Kier alpha value is -1.84. The Bertz CT molecular complexity index is 791. The van der Waals surface area contributed by atoms with Crippen LogP contribution in [0.3, 0.4) is 0 Å². The van der Waals surface area contributed by atoms with Crippen LogP contribution in [0.1, 0.15) is 39.3 Å². The molecule has 0 aliphatic heterocycles. The molecule has 4 N–H and O–H groups in total. The Morgan fingerprint density at radius 1 is 1.30 bits per heavy atom. The highest BCUT2D eigenvalue weighted by molar-refractivity contribution is 9.10. The predicted molar refractivity (Wildman–Crippen MR) is 126 cm³/mol.